The summed E-state index contributed by atoms with van der Waals surface area (Å²) < 4.78 is 0. The van der Waals surface area contributed by atoms with Gasteiger partial charge in [0.2, 0.25) is 0 Å². The third-order valence-electron chi connectivity index (χ3n) is 4.20. The minimum Gasteiger partial charge on any atom is -0.311 e. The molecule has 0 radical (unpaired) electrons. The average Bonchev–Trinajstić information content (AvgIpc) is 2.87. The molecule has 0 saturated carbocycles. The van der Waals surface area contributed by atoms with Crippen molar-refractivity contribution in [3.63, 3.8) is 0 Å². The predicted molar refractivity (Wildman–Crippen MR) is 77.9 cm³/mol. The van der Waals surface area contributed by atoms with Gasteiger partial charge in [0.1, 0.15) is 0 Å². The highest BCUT2D eigenvalue weighted by Crippen LogP contribution is 2.26. The maximum atomic E-state index is 4.19. The summed E-state index contributed by atoms with van der Waals surface area (Å²) in [6, 6.07) is 0.655. The highest BCUT2D eigenvalue weighted by atomic mass is 32.1. The summed E-state index contributed by atoms with van der Waals surface area (Å²) in [5.41, 5.74) is 2.22. The van der Waals surface area contributed by atoms with Crippen molar-refractivity contribution in [3.8, 4) is 0 Å². The van der Waals surface area contributed by atoms with Crippen LogP contribution in [0, 0.1) is 0 Å². The van der Waals surface area contributed by atoms with Crippen LogP contribution >= 0.6 is 11.3 Å². The number of aromatic nitrogens is 1. The Morgan fingerprint density at radius 1 is 1.56 bits per heavy atom. The van der Waals surface area contributed by atoms with Gasteiger partial charge in [-0.1, -0.05) is 20.3 Å². The van der Waals surface area contributed by atoms with Gasteiger partial charge >= 0.3 is 0 Å². The molecule has 18 heavy (non-hydrogen) atoms. The fourth-order valence-corrected chi connectivity index (χ4v) is 3.29. The van der Waals surface area contributed by atoms with Gasteiger partial charge in [-0.05, 0) is 19.8 Å². The minimum atomic E-state index is 0.286. The minimum absolute atomic E-state index is 0.286. The first kappa shape index (κ1) is 14.0. The zero-order chi connectivity index (χ0) is 13.0. The van der Waals surface area contributed by atoms with Crippen molar-refractivity contribution in [2.45, 2.75) is 58.2 Å². The zero-order valence-electron chi connectivity index (χ0n) is 11.8. The second-order valence-corrected chi connectivity index (χ2v) is 6.54. The standard InChI is InChI=1S/C14H25N3S/c1-4-6-12-8-17(9-13-7-15-11-18-13)14(3,5-2)10-16-12/h7,11-12,16H,4-6,8-10H2,1-3H3. The molecule has 1 saturated heterocycles. The lowest BCUT2D eigenvalue weighted by Gasteiger charge is -2.48. The third-order valence-corrected chi connectivity index (χ3v) is 4.97. The van der Waals surface area contributed by atoms with E-state index in [9.17, 15) is 0 Å². The van der Waals surface area contributed by atoms with Gasteiger partial charge in [-0.15, -0.1) is 11.3 Å². The second-order valence-electron chi connectivity index (χ2n) is 5.57. The number of piperazine rings is 1. The maximum Gasteiger partial charge on any atom is 0.0794 e. The molecule has 2 heterocycles. The van der Waals surface area contributed by atoms with E-state index in [4.69, 9.17) is 0 Å². The molecule has 2 rings (SSSR count). The van der Waals surface area contributed by atoms with Crippen LogP contribution in [0.25, 0.3) is 0 Å². The molecule has 0 bridgehead atoms. The first-order valence-corrected chi connectivity index (χ1v) is 7.91. The maximum absolute atomic E-state index is 4.19. The van der Waals surface area contributed by atoms with Crippen LogP contribution in [0.15, 0.2) is 11.7 Å². The lowest BCUT2D eigenvalue weighted by molar-refractivity contribution is 0.0405. The summed E-state index contributed by atoms with van der Waals surface area (Å²) in [7, 11) is 0. The molecule has 1 aliphatic heterocycles. The molecule has 1 aromatic heterocycles. The normalized spacial score (nSPS) is 29.6. The van der Waals surface area contributed by atoms with Crippen molar-refractivity contribution in [1.82, 2.24) is 15.2 Å². The molecule has 0 aliphatic carbocycles. The summed E-state index contributed by atoms with van der Waals surface area (Å²) in [5, 5.41) is 3.72. The quantitative estimate of drug-likeness (QED) is 0.889. The fourth-order valence-electron chi connectivity index (χ4n) is 2.68. The van der Waals surface area contributed by atoms with E-state index in [0.29, 0.717) is 6.04 Å². The van der Waals surface area contributed by atoms with Gasteiger partial charge in [-0.3, -0.25) is 9.88 Å². The van der Waals surface area contributed by atoms with E-state index in [1.807, 2.05) is 11.7 Å². The van der Waals surface area contributed by atoms with Gasteiger partial charge in [0, 0.05) is 42.3 Å². The topological polar surface area (TPSA) is 28.2 Å². The third kappa shape index (κ3) is 3.11. The Hall–Kier alpha value is -0.450. The second kappa shape index (κ2) is 6.13. The molecule has 2 unspecified atom stereocenters. The molecule has 4 heteroatoms. The first-order chi connectivity index (χ1) is 8.68. The van der Waals surface area contributed by atoms with E-state index in [1.54, 1.807) is 11.3 Å². The Morgan fingerprint density at radius 2 is 2.39 bits per heavy atom. The monoisotopic (exact) mass is 267 g/mol. The van der Waals surface area contributed by atoms with Crippen molar-refractivity contribution in [2.24, 2.45) is 0 Å². The van der Waals surface area contributed by atoms with Crippen molar-refractivity contribution in [2.75, 3.05) is 13.1 Å². The van der Waals surface area contributed by atoms with Crippen molar-refractivity contribution in [3.05, 3.63) is 16.6 Å². The van der Waals surface area contributed by atoms with E-state index < -0.39 is 0 Å². The lowest BCUT2D eigenvalue weighted by Crippen LogP contribution is -2.62. The van der Waals surface area contributed by atoms with E-state index in [1.165, 1.54) is 24.1 Å². The molecule has 1 fully saturated rings. The summed E-state index contributed by atoms with van der Waals surface area (Å²) in [5.74, 6) is 0. The highest BCUT2D eigenvalue weighted by Gasteiger charge is 2.36. The number of nitrogens with zero attached hydrogens (tertiary/aromatic N) is 2. The van der Waals surface area contributed by atoms with Gasteiger partial charge in [0.05, 0.1) is 5.51 Å². The van der Waals surface area contributed by atoms with Gasteiger partial charge < -0.3 is 5.32 Å². The smallest absolute Gasteiger partial charge is 0.0794 e. The van der Waals surface area contributed by atoms with Gasteiger partial charge in [-0.2, -0.15) is 0 Å². The van der Waals surface area contributed by atoms with E-state index >= 15 is 0 Å². The van der Waals surface area contributed by atoms with Crippen LogP contribution < -0.4 is 5.32 Å². The Balaban J connectivity index is 2.05. The predicted octanol–water partition coefficient (Wildman–Crippen LogP) is 2.89. The molecular formula is C14H25N3S. The lowest BCUT2D eigenvalue weighted by atomic mass is 9.91. The van der Waals surface area contributed by atoms with Crippen molar-refractivity contribution < 1.29 is 0 Å². The molecule has 3 nitrogen and oxygen atoms in total. The van der Waals surface area contributed by atoms with E-state index in [0.717, 1.165) is 19.6 Å². The zero-order valence-corrected chi connectivity index (χ0v) is 12.6. The molecule has 0 amide bonds. The van der Waals surface area contributed by atoms with Crippen LogP contribution in [-0.4, -0.2) is 34.6 Å². The molecule has 1 aliphatic rings. The summed E-state index contributed by atoms with van der Waals surface area (Å²) in [6.07, 6.45) is 5.74. The van der Waals surface area contributed by atoms with Crippen LogP contribution in [0.5, 0.6) is 0 Å². The van der Waals surface area contributed by atoms with Crippen LogP contribution in [-0.2, 0) is 6.54 Å². The van der Waals surface area contributed by atoms with Crippen molar-refractivity contribution >= 4 is 11.3 Å². The van der Waals surface area contributed by atoms with Crippen molar-refractivity contribution in [1.29, 1.82) is 0 Å². The van der Waals surface area contributed by atoms with E-state index in [-0.39, 0.29) is 5.54 Å². The molecule has 0 spiro atoms. The molecule has 102 valence electrons. The molecular weight excluding hydrogens is 242 g/mol. The van der Waals surface area contributed by atoms with Gasteiger partial charge in [-0.25, -0.2) is 0 Å². The van der Waals surface area contributed by atoms with Crippen LogP contribution in [0.1, 0.15) is 44.9 Å². The average molecular weight is 267 g/mol. The Morgan fingerprint density at radius 3 is 3.00 bits per heavy atom. The Kier molecular flexibility index (Phi) is 4.76. The molecule has 1 aromatic rings. The summed E-state index contributed by atoms with van der Waals surface area (Å²) >= 11 is 1.77. The van der Waals surface area contributed by atoms with Crippen LogP contribution in [0.4, 0.5) is 0 Å². The Bertz CT molecular complexity index is 352. The molecule has 0 aromatic carbocycles. The highest BCUT2D eigenvalue weighted by molar-refractivity contribution is 7.09. The van der Waals surface area contributed by atoms with Gasteiger partial charge in [0.15, 0.2) is 0 Å². The number of rotatable bonds is 5. The largest absolute Gasteiger partial charge is 0.311 e. The van der Waals surface area contributed by atoms with E-state index in [2.05, 4.69) is 36.0 Å². The number of hydrogen-bond acceptors (Lipinski definition) is 4. The number of nitrogens with one attached hydrogen (secondary N) is 1. The summed E-state index contributed by atoms with van der Waals surface area (Å²) in [4.78, 5) is 8.22. The van der Waals surface area contributed by atoms with Crippen LogP contribution in [0.2, 0.25) is 0 Å². The molecule has 2 atom stereocenters. The Labute approximate surface area is 115 Å². The fraction of sp³-hybridized carbons (Fsp3) is 0.786. The number of hydrogen-bond donors (Lipinski definition) is 1. The van der Waals surface area contributed by atoms with Gasteiger partial charge in [0.25, 0.3) is 0 Å². The number of thiazole rings is 1. The first-order valence-electron chi connectivity index (χ1n) is 7.03. The molecule has 1 N–H and O–H groups in total. The van der Waals surface area contributed by atoms with Crippen LogP contribution in [0.3, 0.4) is 0 Å². The summed E-state index contributed by atoms with van der Waals surface area (Å²) in [6.45, 7) is 10.3. The SMILES string of the molecule is CCCC1CN(Cc2cncs2)C(C)(CC)CN1.